The van der Waals surface area contributed by atoms with Gasteiger partial charge in [-0.25, -0.2) is 0 Å². The summed E-state index contributed by atoms with van der Waals surface area (Å²) in [5.41, 5.74) is 0. The highest BCUT2D eigenvalue weighted by molar-refractivity contribution is 6.26. The second kappa shape index (κ2) is 13.1. The van der Waals surface area contributed by atoms with Gasteiger partial charge in [0.1, 0.15) is 0 Å². The van der Waals surface area contributed by atoms with E-state index in [0.29, 0.717) is 36.9 Å². The Labute approximate surface area is 140 Å². The summed E-state index contributed by atoms with van der Waals surface area (Å²) < 4.78 is 22.9. The van der Waals surface area contributed by atoms with Crippen molar-refractivity contribution in [2.24, 2.45) is 23.7 Å². The Hall–Kier alpha value is -0.383. The molecule has 0 saturated carbocycles. The van der Waals surface area contributed by atoms with Crippen molar-refractivity contribution in [2.45, 2.75) is 80.1 Å². The number of rotatable bonds is 14. The zero-order valence-electron chi connectivity index (χ0n) is 15.7. The van der Waals surface area contributed by atoms with Gasteiger partial charge in [-0.3, -0.25) is 4.46 Å². The molecule has 0 bridgehead atoms. The molecule has 0 aromatic rings. The fraction of sp³-hybridized carbons (Fsp3) is 1.00. The molecule has 0 aliphatic rings. The molecular weight excluding hydrogens is 292 g/mol. The van der Waals surface area contributed by atoms with Crippen molar-refractivity contribution in [3.8, 4) is 0 Å². The molecule has 0 spiro atoms. The molecule has 0 heterocycles. The average Bonchev–Trinajstić information content (AvgIpc) is 2.54. The minimum Gasteiger partial charge on any atom is -0.496 e. The predicted octanol–water partition coefficient (Wildman–Crippen LogP) is 5.36. The van der Waals surface area contributed by atoms with Crippen LogP contribution >= 0.6 is 0 Å². The third-order valence-electron chi connectivity index (χ3n) is 4.89. The van der Waals surface area contributed by atoms with Gasteiger partial charge in [0.15, 0.2) is 0 Å². The molecule has 132 valence electrons. The van der Waals surface area contributed by atoms with Crippen LogP contribution in [0.3, 0.4) is 0 Å². The highest BCUT2D eigenvalue weighted by Gasteiger charge is 2.19. The first kappa shape index (κ1) is 21.6. The minimum absolute atomic E-state index is 0.495. The van der Waals surface area contributed by atoms with Gasteiger partial charge < -0.3 is 8.85 Å². The molecule has 0 radical (unpaired) electrons. The third kappa shape index (κ3) is 10.4. The Balaban J connectivity index is 4.00. The van der Waals surface area contributed by atoms with E-state index in [1.165, 1.54) is 12.8 Å². The summed E-state index contributed by atoms with van der Waals surface area (Å²) in [5, 5.41) is 0. The molecule has 0 N–H and O–H groups in total. The quantitative estimate of drug-likeness (QED) is 0.402. The Morgan fingerprint density at radius 2 is 1.09 bits per heavy atom. The van der Waals surface area contributed by atoms with E-state index in [1.807, 2.05) is 0 Å². The van der Waals surface area contributed by atoms with Crippen LogP contribution in [0.1, 0.15) is 80.1 Å². The largest absolute Gasteiger partial charge is 0.767 e. The Bertz CT molecular complexity index is 258. The molecular formula is C18H38O3Si. The molecule has 22 heavy (non-hydrogen) atoms. The third-order valence-corrected chi connectivity index (χ3v) is 5.70. The summed E-state index contributed by atoms with van der Waals surface area (Å²) in [6, 6.07) is 0. The molecule has 0 aliphatic heterocycles. The molecule has 0 aromatic carbocycles. The molecule has 0 rings (SSSR count). The first-order valence-electron chi connectivity index (χ1n) is 9.26. The molecule has 4 unspecified atom stereocenters. The summed E-state index contributed by atoms with van der Waals surface area (Å²) in [6.07, 6.45) is 6.82. The van der Waals surface area contributed by atoms with Gasteiger partial charge in [0.25, 0.3) is 0 Å². The maximum atomic E-state index is 11.9. The highest BCUT2D eigenvalue weighted by Crippen LogP contribution is 2.19. The van der Waals surface area contributed by atoms with Gasteiger partial charge in [0, 0.05) is 0 Å². The monoisotopic (exact) mass is 330 g/mol. The van der Waals surface area contributed by atoms with Gasteiger partial charge in [0.2, 0.25) is 0 Å². The van der Waals surface area contributed by atoms with E-state index in [9.17, 15) is 4.46 Å². The summed E-state index contributed by atoms with van der Waals surface area (Å²) in [6.45, 7) is 14.5. The smallest absolute Gasteiger partial charge is 0.496 e. The van der Waals surface area contributed by atoms with Crippen molar-refractivity contribution in [2.75, 3.05) is 13.2 Å². The summed E-state index contributed by atoms with van der Waals surface area (Å²) in [7, 11) is -2.33. The van der Waals surface area contributed by atoms with Crippen molar-refractivity contribution in [1.82, 2.24) is 0 Å². The zero-order valence-corrected chi connectivity index (χ0v) is 16.7. The highest BCUT2D eigenvalue weighted by atomic mass is 28.3. The van der Waals surface area contributed by atoms with Crippen LogP contribution in [-0.2, 0) is 13.3 Å². The summed E-state index contributed by atoms with van der Waals surface area (Å²) in [5.74, 6) is 2.40. The van der Waals surface area contributed by atoms with E-state index in [4.69, 9.17) is 8.85 Å². The van der Waals surface area contributed by atoms with Crippen LogP contribution in [0.25, 0.3) is 0 Å². The second-order valence-corrected chi connectivity index (χ2v) is 8.00. The Morgan fingerprint density at radius 3 is 1.36 bits per heavy atom. The van der Waals surface area contributed by atoms with Gasteiger partial charge in [-0.2, -0.15) is 0 Å². The van der Waals surface area contributed by atoms with Gasteiger partial charge in [0.05, 0.1) is 13.2 Å². The lowest BCUT2D eigenvalue weighted by atomic mass is 9.93. The molecule has 0 aliphatic carbocycles. The maximum Gasteiger partial charge on any atom is 0.767 e. The molecule has 0 fully saturated rings. The topological polar surface area (TPSA) is 35.5 Å². The number of hydrogen-bond acceptors (Lipinski definition) is 3. The second-order valence-electron chi connectivity index (χ2n) is 6.92. The van der Waals surface area contributed by atoms with E-state index in [0.717, 1.165) is 25.7 Å². The van der Waals surface area contributed by atoms with Gasteiger partial charge in [-0.05, 0) is 36.5 Å². The lowest BCUT2D eigenvalue weighted by Crippen LogP contribution is -2.22. The van der Waals surface area contributed by atoms with Crippen LogP contribution < -0.4 is 0 Å². The molecule has 0 amide bonds. The Kier molecular flexibility index (Phi) is 12.9. The first-order valence-corrected chi connectivity index (χ1v) is 10.5. The lowest BCUT2D eigenvalue weighted by Gasteiger charge is -2.20. The van der Waals surface area contributed by atoms with E-state index in [-0.39, 0.29) is 0 Å². The SMILES string of the molecule is CCC(C)CC(CC)CO[Si](=O)OCC(CC)CC(C)CC. The Morgan fingerprint density at radius 1 is 0.727 bits per heavy atom. The van der Waals surface area contributed by atoms with E-state index in [2.05, 4.69) is 41.5 Å². The van der Waals surface area contributed by atoms with Gasteiger partial charge in [-0.1, -0.05) is 67.2 Å². The number of hydrogen-bond donors (Lipinski definition) is 0. The minimum atomic E-state index is -2.33. The fourth-order valence-corrected chi connectivity index (χ4v) is 3.42. The van der Waals surface area contributed by atoms with Crippen LogP contribution in [0.5, 0.6) is 0 Å². The van der Waals surface area contributed by atoms with Crippen molar-refractivity contribution in [1.29, 1.82) is 0 Å². The van der Waals surface area contributed by atoms with E-state index in [1.54, 1.807) is 0 Å². The predicted molar refractivity (Wildman–Crippen MR) is 94.1 cm³/mol. The van der Waals surface area contributed by atoms with Crippen molar-refractivity contribution < 1.29 is 13.3 Å². The molecule has 4 heteroatoms. The van der Waals surface area contributed by atoms with Gasteiger partial charge >= 0.3 is 9.17 Å². The summed E-state index contributed by atoms with van der Waals surface area (Å²) >= 11 is 0. The fourth-order valence-electron chi connectivity index (χ4n) is 2.59. The summed E-state index contributed by atoms with van der Waals surface area (Å²) in [4.78, 5) is 0. The first-order chi connectivity index (χ1) is 10.5. The van der Waals surface area contributed by atoms with Crippen molar-refractivity contribution >= 4 is 9.17 Å². The zero-order chi connectivity index (χ0) is 17.0. The maximum absolute atomic E-state index is 11.9. The molecule has 3 nitrogen and oxygen atoms in total. The van der Waals surface area contributed by atoms with Crippen LogP contribution in [0.15, 0.2) is 0 Å². The molecule has 0 aromatic heterocycles. The lowest BCUT2D eigenvalue weighted by molar-refractivity contribution is 0.115. The normalized spacial score (nSPS) is 16.6. The molecule has 0 saturated heterocycles. The van der Waals surface area contributed by atoms with E-state index >= 15 is 0 Å². The van der Waals surface area contributed by atoms with Crippen molar-refractivity contribution in [3.63, 3.8) is 0 Å². The van der Waals surface area contributed by atoms with Crippen LogP contribution in [0.4, 0.5) is 0 Å². The van der Waals surface area contributed by atoms with E-state index < -0.39 is 9.17 Å². The van der Waals surface area contributed by atoms with Crippen LogP contribution in [0, 0.1) is 23.7 Å². The van der Waals surface area contributed by atoms with Crippen LogP contribution in [-0.4, -0.2) is 22.4 Å². The van der Waals surface area contributed by atoms with Crippen molar-refractivity contribution in [3.05, 3.63) is 0 Å². The molecule has 4 atom stereocenters. The average molecular weight is 331 g/mol. The standard InChI is InChI=1S/C18H38O3Si/c1-7-15(5)11-17(9-3)13-20-22(19)21-14-18(10-4)12-16(6)8-2/h15-18H,7-14H2,1-6H3. The van der Waals surface area contributed by atoms with Gasteiger partial charge in [-0.15, -0.1) is 0 Å². The van der Waals surface area contributed by atoms with Crippen LogP contribution in [0.2, 0.25) is 0 Å².